The molecule has 0 bridgehead atoms. The van der Waals surface area contributed by atoms with Crippen LogP contribution in [0.2, 0.25) is 0 Å². The Kier molecular flexibility index (Phi) is 4.00. The Morgan fingerprint density at radius 3 is 2.65 bits per heavy atom. The highest BCUT2D eigenvalue weighted by atomic mass is 16.3. The zero-order valence-corrected chi connectivity index (χ0v) is 10.8. The maximum absolute atomic E-state index is 9.43. The molecule has 1 heterocycles. The van der Waals surface area contributed by atoms with Crippen molar-refractivity contribution in [1.29, 1.82) is 0 Å². The first-order chi connectivity index (χ1) is 8.20. The third-order valence-corrected chi connectivity index (χ3v) is 3.65. The van der Waals surface area contributed by atoms with Crippen molar-refractivity contribution in [2.75, 3.05) is 18.0 Å². The number of pyridine rings is 1. The number of hydrogen-bond donors (Lipinski definition) is 1. The summed E-state index contributed by atoms with van der Waals surface area (Å²) >= 11 is 0. The van der Waals surface area contributed by atoms with Crippen LogP contribution >= 0.6 is 0 Å². The molecule has 0 saturated heterocycles. The third-order valence-electron chi connectivity index (χ3n) is 3.65. The first-order valence-electron chi connectivity index (χ1n) is 6.59. The Morgan fingerprint density at radius 1 is 1.47 bits per heavy atom. The average molecular weight is 234 g/mol. The molecule has 0 spiro atoms. The van der Waals surface area contributed by atoms with Crippen LogP contribution in [0.4, 0.5) is 5.69 Å². The lowest BCUT2D eigenvalue weighted by atomic mass is 9.85. The van der Waals surface area contributed by atoms with Gasteiger partial charge < -0.3 is 10.0 Å². The second kappa shape index (κ2) is 5.50. The van der Waals surface area contributed by atoms with Gasteiger partial charge >= 0.3 is 0 Å². The lowest BCUT2D eigenvalue weighted by Crippen LogP contribution is -2.32. The Hall–Kier alpha value is -1.09. The first kappa shape index (κ1) is 12.4. The molecule has 1 aromatic rings. The minimum atomic E-state index is -0.481. The van der Waals surface area contributed by atoms with Gasteiger partial charge in [-0.2, -0.15) is 0 Å². The molecule has 1 aliphatic rings. The van der Waals surface area contributed by atoms with E-state index in [-0.39, 0.29) is 0 Å². The molecule has 17 heavy (non-hydrogen) atoms. The van der Waals surface area contributed by atoms with Crippen molar-refractivity contribution in [3.63, 3.8) is 0 Å². The zero-order chi connectivity index (χ0) is 12.3. The smallest absolute Gasteiger partial charge is 0.0931 e. The summed E-state index contributed by atoms with van der Waals surface area (Å²) in [5.41, 5.74) is 1.91. The van der Waals surface area contributed by atoms with E-state index in [1.807, 2.05) is 12.3 Å². The van der Waals surface area contributed by atoms with Crippen LogP contribution < -0.4 is 4.90 Å². The number of anilines is 1. The highest BCUT2D eigenvalue weighted by molar-refractivity contribution is 5.44. The van der Waals surface area contributed by atoms with Crippen LogP contribution in [0.5, 0.6) is 0 Å². The molecule has 0 amide bonds. The summed E-state index contributed by atoms with van der Waals surface area (Å²) in [5.74, 6) is 0.867. The molecule has 2 rings (SSSR count). The summed E-state index contributed by atoms with van der Waals surface area (Å²) in [6.07, 6.45) is 5.53. The predicted octanol–water partition coefficient (Wildman–Crippen LogP) is 2.76. The van der Waals surface area contributed by atoms with Crippen LogP contribution in [-0.2, 0) is 0 Å². The molecule has 1 atom stereocenters. The first-order valence-corrected chi connectivity index (χ1v) is 6.59. The standard InChI is InChI=1S/C14H22N2O/c1-3-16(10-12-5-4-6-12)13-7-8-14(11(2)17)15-9-13/h7-9,11-12,17H,3-6,10H2,1-2H3. The van der Waals surface area contributed by atoms with Crippen LogP contribution in [0.25, 0.3) is 0 Å². The minimum absolute atomic E-state index is 0.481. The molecule has 1 N–H and O–H groups in total. The molecule has 1 aliphatic carbocycles. The van der Waals surface area contributed by atoms with Crippen molar-refractivity contribution in [3.8, 4) is 0 Å². The van der Waals surface area contributed by atoms with Crippen LogP contribution in [0.15, 0.2) is 18.3 Å². The summed E-state index contributed by atoms with van der Waals surface area (Å²) in [4.78, 5) is 6.68. The van der Waals surface area contributed by atoms with E-state index < -0.39 is 6.10 Å². The average Bonchev–Trinajstić information content (AvgIpc) is 2.28. The molecule has 1 fully saturated rings. The van der Waals surface area contributed by atoms with Crippen LogP contribution in [-0.4, -0.2) is 23.2 Å². The maximum atomic E-state index is 9.43. The van der Waals surface area contributed by atoms with Gasteiger partial charge in [-0.3, -0.25) is 4.98 Å². The molecule has 1 saturated carbocycles. The van der Waals surface area contributed by atoms with E-state index in [0.717, 1.165) is 24.7 Å². The van der Waals surface area contributed by atoms with Crippen molar-refractivity contribution in [2.45, 2.75) is 39.2 Å². The van der Waals surface area contributed by atoms with E-state index in [4.69, 9.17) is 0 Å². The van der Waals surface area contributed by atoms with Gasteiger partial charge in [0.2, 0.25) is 0 Å². The zero-order valence-electron chi connectivity index (χ0n) is 10.8. The molecule has 3 nitrogen and oxygen atoms in total. The van der Waals surface area contributed by atoms with E-state index in [1.165, 1.54) is 24.9 Å². The van der Waals surface area contributed by atoms with Crippen molar-refractivity contribution in [2.24, 2.45) is 5.92 Å². The second-order valence-electron chi connectivity index (χ2n) is 4.95. The van der Waals surface area contributed by atoms with Gasteiger partial charge in [0.15, 0.2) is 0 Å². The quantitative estimate of drug-likeness (QED) is 0.851. The molecule has 0 aromatic carbocycles. The van der Waals surface area contributed by atoms with Crippen molar-refractivity contribution < 1.29 is 5.11 Å². The van der Waals surface area contributed by atoms with Gasteiger partial charge in [-0.05, 0) is 44.7 Å². The fourth-order valence-electron chi connectivity index (χ4n) is 2.24. The van der Waals surface area contributed by atoms with E-state index in [1.54, 1.807) is 6.92 Å². The van der Waals surface area contributed by atoms with Gasteiger partial charge in [0.05, 0.1) is 23.7 Å². The van der Waals surface area contributed by atoms with Gasteiger partial charge in [0, 0.05) is 13.1 Å². The SMILES string of the molecule is CCN(CC1CCC1)c1ccc(C(C)O)nc1. The molecule has 1 aromatic heterocycles. The Balaban J connectivity index is 2.02. The number of aliphatic hydroxyl groups is 1. The minimum Gasteiger partial charge on any atom is -0.387 e. The summed E-state index contributed by atoms with van der Waals surface area (Å²) in [6.45, 7) is 6.09. The predicted molar refractivity (Wildman–Crippen MR) is 70.1 cm³/mol. The largest absolute Gasteiger partial charge is 0.387 e. The number of aromatic nitrogens is 1. The van der Waals surface area contributed by atoms with E-state index in [0.29, 0.717) is 0 Å². The van der Waals surface area contributed by atoms with Crippen LogP contribution in [0, 0.1) is 5.92 Å². The molecular formula is C14H22N2O. The molecule has 1 unspecified atom stereocenters. The van der Waals surface area contributed by atoms with Gasteiger partial charge in [-0.25, -0.2) is 0 Å². The number of nitrogens with zero attached hydrogens (tertiary/aromatic N) is 2. The van der Waals surface area contributed by atoms with E-state index in [9.17, 15) is 5.11 Å². The lowest BCUT2D eigenvalue weighted by Gasteiger charge is -2.33. The molecular weight excluding hydrogens is 212 g/mol. The molecule has 0 aliphatic heterocycles. The van der Waals surface area contributed by atoms with Crippen molar-refractivity contribution in [1.82, 2.24) is 4.98 Å². The number of aliphatic hydroxyl groups excluding tert-OH is 1. The lowest BCUT2D eigenvalue weighted by molar-refractivity contribution is 0.194. The Morgan fingerprint density at radius 2 is 2.24 bits per heavy atom. The molecule has 3 heteroatoms. The van der Waals surface area contributed by atoms with Gasteiger partial charge in [-0.15, -0.1) is 0 Å². The van der Waals surface area contributed by atoms with Crippen LogP contribution in [0.1, 0.15) is 44.9 Å². The maximum Gasteiger partial charge on any atom is 0.0931 e. The monoisotopic (exact) mass is 234 g/mol. The van der Waals surface area contributed by atoms with Gasteiger partial charge in [0.25, 0.3) is 0 Å². The third kappa shape index (κ3) is 2.97. The topological polar surface area (TPSA) is 36.4 Å². The Bertz CT molecular complexity index is 344. The molecule has 0 radical (unpaired) electrons. The number of rotatable bonds is 5. The van der Waals surface area contributed by atoms with Gasteiger partial charge in [0.1, 0.15) is 0 Å². The van der Waals surface area contributed by atoms with E-state index >= 15 is 0 Å². The highest BCUT2D eigenvalue weighted by Crippen LogP contribution is 2.28. The summed E-state index contributed by atoms with van der Waals surface area (Å²) in [6, 6.07) is 3.99. The highest BCUT2D eigenvalue weighted by Gasteiger charge is 2.20. The van der Waals surface area contributed by atoms with Crippen LogP contribution in [0.3, 0.4) is 0 Å². The summed E-state index contributed by atoms with van der Waals surface area (Å²) < 4.78 is 0. The van der Waals surface area contributed by atoms with Crippen molar-refractivity contribution >= 4 is 5.69 Å². The fraction of sp³-hybridized carbons (Fsp3) is 0.643. The van der Waals surface area contributed by atoms with Crippen molar-refractivity contribution in [3.05, 3.63) is 24.0 Å². The number of hydrogen-bond acceptors (Lipinski definition) is 3. The molecule has 94 valence electrons. The Labute approximate surface area is 103 Å². The second-order valence-corrected chi connectivity index (χ2v) is 4.95. The fourth-order valence-corrected chi connectivity index (χ4v) is 2.24. The van der Waals surface area contributed by atoms with Gasteiger partial charge in [-0.1, -0.05) is 6.42 Å². The normalized spacial score (nSPS) is 17.6. The summed E-state index contributed by atoms with van der Waals surface area (Å²) in [7, 11) is 0. The summed E-state index contributed by atoms with van der Waals surface area (Å²) in [5, 5.41) is 9.43. The van der Waals surface area contributed by atoms with E-state index in [2.05, 4.69) is 22.9 Å².